The van der Waals surface area contributed by atoms with Gasteiger partial charge in [0.1, 0.15) is 12.4 Å². The van der Waals surface area contributed by atoms with Crippen LogP contribution in [0.3, 0.4) is 0 Å². The quantitative estimate of drug-likeness (QED) is 0.739. The SMILES string of the molecule is Cc1cc(C)cc(NC(=O)COC(=O)c2ccc(OCC3CCCO3)cc2)c1. The van der Waals surface area contributed by atoms with Gasteiger partial charge in [0.25, 0.3) is 5.91 Å². The van der Waals surface area contributed by atoms with Crippen molar-refractivity contribution < 1.29 is 23.8 Å². The van der Waals surface area contributed by atoms with Gasteiger partial charge in [0.15, 0.2) is 6.61 Å². The van der Waals surface area contributed by atoms with Crippen LogP contribution >= 0.6 is 0 Å². The standard InChI is InChI=1S/C22H25NO5/c1-15-10-16(2)12-18(11-15)23-21(24)14-28-22(25)17-5-7-19(8-6-17)27-13-20-4-3-9-26-20/h5-8,10-12,20H,3-4,9,13-14H2,1-2H3,(H,23,24). The summed E-state index contributed by atoms with van der Waals surface area (Å²) in [6.45, 7) is 4.86. The van der Waals surface area contributed by atoms with Crippen molar-refractivity contribution in [2.75, 3.05) is 25.1 Å². The number of anilines is 1. The van der Waals surface area contributed by atoms with Gasteiger partial charge >= 0.3 is 5.97 Å². The Hall–Kier alpha value is -2.86. The number of esters is 1. The Bertz CT molecular complexity index is 805. The fourth-order valence-corrected chi connectivity index (χ4v) is 3.11. The van der Waals surface area contributed by atoms with E-state index in [4.69, 9.17) is 14.2 Å². The molecule has 3 rings (SSSR count). The van der Waals surface area contributed by atoms with Crippen LogP contribution in [0.25, 0.3) is 0 Å². The van der Waals surface area contributed by atoms with Crippen LogP contribution in [-0.2, 0) is 14.3 Å². The third kappa shape index (κ3) is 5.82. The molecule has 2 aromatic carbocycles. The van der Waals surface area contributed by atoms with Crippen LogP contribution in [0.2, 0.25) is 0 Å². The first-order valence-electron chi connectivity index (χ1n) is 9.39. The minimum absolute atomic E-state index is 0.139. The van der Waals surface area contributed by atoms with Crippen LogP contribution in [0.4, 0.5) is 5.69 Å². The summed E-state index contributed by atoms with van der Waals surface area (Å²) in [5.74, 6) is -0.268. The zero-order valence-electron chi connectivity index (χ0n) is 16.2. The van der Waals surface area contributed by atoms with Crippen molar-refractivity contribution in [3.63, 3.8) is 0 Å². The van der Waals surface area contributed by atoms with E-state index in [2.05, 4.69) is 5.32 Å². The Morgan fingerprint density at radius 1 is 1.11 bits per heavy atom. The molecular weight excluding hydrogens is 358 g/mol. The topological polar surface area (TPSA) is 73.9 Å². The van der Waals surface area contributed by atoms with Crippen LogP contribution < -0.4 is 10.1 Å². The van der Waals surface area contributed by atoms with Crippen molar-refractivity contribution >= 4 is 17.6 Å². The predicted octanol–water partition coefficient (Wildman–Crippen LogP) is 3.66. The molecule has 0 saturated carbocycles. The Morgan fingerprint density at radius 3 is 2.46 bits per heavy atom. The highest BCUT2D eigenvalue weighted by molar-refractivity contribution is 5.95. The zero-order chi connectivity index (χ0) is 19.9. The molecule has 148 valence electrons. The third-order valence-electron chi connectivity index (χ3n) is 4.39. The van der Waals surface area contributed by atoms with Gasteiger partial charge in [-0.1, -0.05) is 6.07 Å². The van der Waals surface area contributed by atoms with E-state index >= 15 is 0 Å². The van der Waals surface area contributed by atoms with Gasteiger partial charge in [0.05, 0.1) is 11.7 Å². The van der Waals surface area contributed by atoms with Crippen molar-refractivity contribution in [1.29, 1.82) is 0 Å². The second-order valence-corrected chi connectivity index (χ2v) is 6.97. The van der Waals surface area contributed by atoms with Gasteiger partial charge in [-0.2, -0.15) is 0 Å². The molecule has 1 N–H and O–H groups in total. The van der Waals surface area contributed by atoms with Gasteiger partial charge in [0, 0.05) is 12.3 Å². The number of benzene rings is 2. The summed E-state index contributed by atoms with van der Waals surface area (Å²) in [5.41, 5.74) is 3.15. The molecule has 1 unspecified atom stereocenters. The van der Waals surface area contributed by atoms with Crippen molar-refractivity contribution in [1.82, 2.24) is 0 Å². The molecule has 0 bridgehead atoms. The summed E-state index contributed by atoms with van der Waals surface area (Å²) in [7, 11) is 0. The number of hydrogen-bond acceptors (Lipinski definition) is 5. The normalized spacial score (nSPS) is 15.9. The maximum Gasteiger partial charge on any atom is 0.338 e. The zero-order valence-corrected chi connectivity index (χ0v) is 16.2. The summed E-state index contributed by atoms with van der Waals surface area (Å²) in [5, 5.41) is 2.73. The van der Waals surface area contributed by atoms with E-state index in [0.29, 0.717) is 23.6 Å². The Balaban J connectivity index is 1.45. The molecule has 2 aromatic rings. The molecule has 1 fully saturated rings. The van der Waals surface area contributed by atoms with Crippen molar-refractivity contribution in [3.8, 4) is 5.75 Å². The fourth-order valence-electron chi connectivity index (χ4n) is 3.11. The van der Waals surface area contributed by atoms with Crippen molar-refractivity contribution in [2.24, 2.45) is 0 Å². The van der Waals surface area contributed by atoms with E-state index in [1.165, 1.54) is 0 Å². The molecular formula is C22H25NO5. The monoisotopic (exact) mass is 383 g/mol. The van der Waals surface area contributed by atoms with Gasteiger partial charge in [-0.05, 0) is 74.2 Å². The lowest BCUT2D eigenvalue weighted by Gasteiger charge is -2.11. The molecule has 0 aromatic heterocycles. The number of carbonyl (C=O) groups is 2. The van der Waals surface area contributed by atoms with Gasteiger partial charge in [-0.25, -0.2) is 4.79 Å². The van der Waals surface area contributed by atoms with E-state index in [0.717, 1.165) is 30.6 Å². The highest BCUT2D eigenvalue weighted by Crippen LogP contribution is 2.17. The number of nitrogens with one attached hydrogen (secondary N) is 1. The second-order valence-electron chi connectivity index (χ2n) is 6.97. The number of ether oxygens (including phenoxy) is 3. The lowest BCUT2D eigenvalue weighted by atomic mass is 10.1. The van der Waals surface area contributed by atoms with Gasteiger partial charge in [-0.3, -0.25) is 4.79 Å². The van der Waals surface area contributed by atoms with Crippen molar-refractivity contribution in [3.05, 3.63) is 59.2 Å². The number of aryl methyl sites for hydroxylation is 2. The van der Waals surface area contributed by atoms with Crippen LogP contribution in [0, 0.1) is 13.8 Å². The second kappa shape index (κ2) is 9.37. The molecule has 0 aliphatic carbocycles. The molecule has 1 heterocycles. The van der Waals surface area contributed by atoms with E-state index in [-0.39, 0.29) is 18.6 Å². The minimum atomic E-state index is -0.554. The molecule has 0 radical (unpaired) electrons. The van der Waals surface area contributed by atoms with Crippen LogP contribution in [0.1, 0.15) is 34.3 Å². The summed E-state index contributed by atoms with van der Waals surface area (Å²) < 4.78 is 16.3. The van der Waals surface area contributed by atoms with Crippen LogP contribution in [-0.4, -0.2) is 37.8 Å². The Labute approximate surface area is 164 Å². The van der Waals surface area contributed by atoms with Crippen LogP contribution in [0.5, 0.6) is 5.75 Å². The number of rotatable bonds is 7. The molecule has 1 atom stereocenters. The average Bonchev–Trinajstić information content (AvgIpc) is 3.17. The average molecular weight is 383 g/mol. The third-order valence-corrected chi connectivity index (χ3v) is 4.39. The smallest absolute Gasteiger partial charge is 0.338 e. The first kappa shape index (κ1) is 19.9. The number of carbonyl (C=O) groups excluding carboxylic acids is 2. The molecule has 6 nitrogen and oxygen atoms in total. The number of hydrogen-bond donors (Lipinski definition) is 1. The molecule has 6 heteroatoms. The summed E-state index contributed by atoms with van der Waals surface area (Å²) in [4.78, 5) is 24.1. The summed E-state index contributed by atoms with van der Waals surface area (Å²) in [6.07, 6.45) is 2.21. The molecule has 28 heavy (non-hydrogen) atoms. The first-order chi connectivity index (χ1) is 13.5. The fraction of sp³-hybridized carbons (Fsp3) is 0.364. The summed E-state index contributed by atoms with van der Waals surface area (Å²) >= 11 is 0. The van der Waals surface area contributed by atoms with Gasteiger partial charge in [0.2, 0.25) is 0 Å². The van der Waals surface area contributed by atoms with E-state index in [9.17, 15) is 9.59 Å². The van der Waals surface area contributed by atoms with Gasteiger partial charge in [-0.15, -0.1) is 0 Å². The summed E-state index contributed by atoms with van der Waals surface area (Å²) in [6, 6.07) is 12.4. The number of amides is 1. The highest BCUT2D eigenvalue weighted by atomic mass is 16.5. The molecule has 1 saturated heterocycles. The van der Waals surface area contributed by atoms with Crippen molar-refractivity contribution in [2.45, 2.75) is 32.8 Å². The lowest BCUT2D eigenvalue weighted by Crippen LogP contribution is -2.21. The minimum Gasteiger partial charge on any atom is -0.491 e. The van der Waals surface area contributed by atoms with Gasteiger partial charge < -0.3 is 19.5 Å². The highest BCUT2D eigenvalue weighted by Gasteiger charge is 2.16. The molecule has 1 aliphatic heterocycles. The van der Waals surface area contributed by atoms with E-state index in [1.807, 2.05) is 32.0 Å². The Kier molecular flexibility index (Phi) is 6.66. The van der Waals surface area contributed by atoms with E-state index in [1.54, 1.807) is 24.3 Å². The Morgan fingerprint density at radius 2 is 1.82 bits per heavy atom. The maximum atomic E-state index is 12.1. The van der Waals surface area contributed by atoms with E-state index < -0.39 is 5.97 Å². The predicted molar refractivity (Wildman–Crippen MR) is 106 cm³/mol. The molecule has 1 amide bonds. The molecule has 0 spiro atoms. The van der Waals surface area contributed by atoms with Crippen LogP contribution in [0.15, 0.2) is 42.5 Å². The maximum absolute atomic E-state index is 12.1. The first-order valence-corrected chi connectivity index (χ1v) is 9.39. The lowest BCUT2D eigenvalue weighted by molar-refractivity contribution is -0.119. The molecule has 1 aliphatic rings. The largest absolute Gasteiger partial charge is 0.491 e.